The Bertz CT molecular complexity index is 1840. The molecule has 0 saturated carbocycles. The lowest BCUT2D eigenvalue weighted by molar-refractivity contribution is -0.384. The Hall–Kier alpha value is -5.12. The van der Waals surface area contributed by atoms with E-state index in [9.17, 15) is 29.6 Å². The Morgan fingerprint density at radius 3 is 2.20 bits per heavy atom. The molecule has 6 rings (SSSR count). The molecule has 10 heteroatoms. The topological polar surface area (TPSA) is 130 Å². The summed E-state index contributed by atoms with van der Waals surface area (Å²) in [7, 11) is 0. The van der Waals surface area contributed by atoms with Crippen LogP contribution in [0.3, 0.4) is 0 Å². The van der Waals surface area contributed by atoms with Gasteiger partial charge in [-0.25, -0.2) is 4.90 Å². The highest BCUT2D eigenvalue weighted by Crippen LogP contribution is 2.51. The monoisotopic (exact) mass is 621 g/mol. The first kappa shape index (κ1) is 29.9. The molecule has 0 spiro atoms. The molecule has 0 aromatic heterocycles. The first-order valence-electron chi connectivity index (χ1n) is 14.3. The second-order valence-corrected chi connectivity index (χ2v) is 11.8. The van der Waals surface area contributed by atoms with Gasteiger partial charge in [-0.15, -0.1) is 0 Å². The summed E-state index contributed by atoms with van der Waals surface area (Å²) in [6.07, 6.45) is 3.74. The summed E-state index contributed by atoms with van der Waals surface area (Å²) in [5, 5.41) is 25.5. The molecule has 4 aromatic carbocycles. The van der Waals surface area contributed by atoms with Gasteiger partial charge in [0.2, 0.25) is 11.8 Å². The van der Waals surface area contributed by atoms with Crippen LogP contribution in [0.1, 0.15) is 33.9 Å². The number of imide groups is 1. The van der Waals surface area contributed by atoms with Gasteiger partial charge in [-0.1, -0.05) is 96.5 Å². The predicted molar refractivity (Wildman–Crippen MR) is 171 cm³/mol. The van der Waals surface area contributed by atoms with Crippen molar-refractivity contribution in [1.29, 1.82) is 0 Å². The van der Waals surface area contributed by atoms with Crippen LogP contribution < -0.4 is 10.2 Å². The molecule has 45 heavy (non-hydrogen) atoms. The number of aliphatic carboxylic acids is 1. The first-order valence-corrected chi connectivity index (χ1v) is 14.7. The fourth-order valence-electron chi connectivity index (χ4n) is 6.33. The fourth-order valence-corrected chi connectivity index (χ4v) is 6.50. The van der Waals surface area contributed by atoms with Crippen LogP contribution in [0.5, 0.6) is 0 Å². The van der Waals surface area contributed by atoms with Crippen LogP contribution in [0, 0.1) is 28.9 Å². The number of non-ortho nitro benzene ring substituents is 1. The number of carboxylic acids is 1. The zero-order chi connectivity index (χ0) is 31.9. The summed E-state index contributed by atoms with van der Waals surface area (Å²) in [5.41, 5.74) is 2.06. The van der Waals surface area contributed by atoms with Gasteiger partial charge in [0, 0.05) is 29.6 Å². The van der Waals surface area contributed by atoms with Crippen LogP contribution in [-0.2, 0) is 20.8 Å². The Kier molecular flexibility index (Phi) is 7.82. The number of carbonyl (C=O) groups is 3. The maximum absolute atomic E-state index is 14.2. The van der Waals surface area contributed by atoms with E-state index >= 15 is 0 Å². The van der Waals surface area contributed by atoms with E-state index in [-0.39, 0.29) is 17.8 Å². The molecule has 2 aliphatic heterocycles. The van der Waals surface area contributed by atoms with E-state index in [1.807, 2.05) is 66.7 Å². The van der Waals surface area contributed by atoms with Gasteiger partial charge in [-0.05, 0) is 46.9 Å². The predicted octanol–water partition coefficient (Wildman–Crippen LogP) is 6.24. The highest BCUT2D eigenvalue weighted by molar-refractivity contribution is 6.32. The third kappa shape index (κ3) is 5.41. The van der Waals surface area contributed by atoms with Crippen molar-refractivity contribution < 1.29 is 24.4 Å². The van der Waals surface area contributed by atoms with E-state index in [1.165, 1.54) is 30.3 Å². The molecule has 4 aromatic rings. The van der Waals surface area contributed by atoms with Crippen molar-refractivity contribution in [1.82, 2.24) is 5.32 Å². The summed E-state index contributed by atoms with van der Waals surface area (Å²) in [6.45, 7) is 1.80. The minimum Gasteiger partial charge on any atom is -0.480 e. The van der Waals surface area contributed by atoms with E-state index in [0.29, 0.717) is 16.1 Å². The zero-order valence-corrected chi connectivity index (χ0v) is 24.8. The normalized spacial score (nSPS) is 22.6. The van der Waals surface area contributed by atoms with Crippen molar-refractivity contribution >= 4 is 52.9 Å². The lowest BCUT2D eigenvalue weighted by Crippen LogP contribution is -2.57. The van der Waals surface area contributed by atoms with Crippen molar-refractivity contribution in [2.24, 2.45) is 11.8 Å². The Labute approximate surface area is 263 Å². The van der Waals surface area contributed by atoms with Crippen LogP contribution in [0.25, 0.3) is 12.2 Å². The molecule has 2 fully saturated rings. The lowest BCUT2D eigenvalue weighted by atomic mass is 9.76. The lowest BCUT2D eigenvalue weighted by Gasteiger charge is -2.31. The van der Waals surface area contributed by atoms with Crippen molar-refractivity contribution in [3.05, 3.63) is 140 Å². The number of fused-ring (bicyclic) bond motifs is 1. The minimum atomic E-state index is -1.88. The van der Waals surface area contributed by atoms with Gasteiger partial charge in [-0.3, -0.25) is 29.8 Å². The molecule has 4 unspecified atom stereocenters. The van der Waals surface area contributed by atoms with Gasteiger partial charge in [0.05, 0.1) is 22.4 Å². The molecule has 2 heterocycles. The molecule has 2 N–H and O–H groups in total. The number of rotatable bonds is 8. The number of amides is 2. The number of nitro groups is 1. The van der Waals surface area contributed by atoms with E-state index in [1.54, 1.807) is 19.1 Å². The average Bonchev–Trinajstić information content (AvgIpc) is 3.52. The van der Waals surface area contributed by atoms with E-state index in [2.05, 4.69) is 5.32 Å². The fraction of sp³-hybridized carbons (Fsp3) is 0.171. The molecular weight excluding hydrogens is 594 g/mol. The van der Waals surface area contributed by atoms with Crippen molar-refractivity contribution in [2.75, 3.05) is 4.90 Å². The first-order chi connectivity index (χ1) is 21.6. The minimum absolute atomic E-state index is 0.144. The zero-order valence-electron chi connectivity index (χ0n) is 24.1. The van der Waals surface area contributed by atoms with E-state index in [4.69, 9.17) is 11.6 Å². The Balaban J connectivity index is 1.41. The average molecular weight is 622 g/mol. The molecule has 226 valence electrons. The summed E-state index contributed by atoms with van der Waals surface area (Å²) in [6, 6.07) is 26.8. The second-order valence-electron chi connectivity index (χ2n) is 11.4. The Morgan fingerprint density at radius 2 is 1.60 bits per heavy atom. The molecule has 2 amide bonds. The molecular formula is C35H28ClN3O6. The third-order valence-corrected chi connectivity index (χ3v) is 9.05. The standard InChI is InChI=1S/C35H28ClN3O6/c1-21-7-16-27(19-28(21)36)38-32(40)29-30(33(38)41)35(34(42)43,20-24-12-17-26(18-13-24)39(44)45)37-31(29)25-14-10-23(11-15-25)9-8-22-5-3-2-4-6-22/h2-19,29-31,37H,20H2,1H3,(H,42,43)/b9-8+. The third-order valence-electron chi connectivity index (χ3n) is 8.64. The van der Waals surface area contributed by atoms with Crippen LogP contribution in [0.15, 0.2) is 97.1 Å². The number of carboxylic acid groups (broad SMARTS) is 1. The van der Waals surface area contributed by atoms with Crippen LogP contribution in [0.4, 0.5) is 11.4 Å². The largest absolute Gasteiger partial charge is 0.480 e. The number of carbonyl (C=O) groups excluding carboxylic acids is 2. The molecule has 4 atom stereocenters. The maximum atomic E-state index is 14.2. The van der Waals surface area contributed by atoms with Gasteiger partial charge in [-0.2, -0.15) is 0 Å². The van der Waals surface area contributed by atoms with Gasteiger partial charge >= 0.3 is 5.97 Å². The molecule has 2 aliphatic rings. The summed E-state index contributed by atoms with van der Waals surface area (Å²) >= 11 is 6.35. The molecule has 0 bridgehead atoms. The van der Waals surface area contributed by atoms with Crippen molar-refractivity contribution in [3.8, 4) is 0 Å². The summed E-state index contributed by atoms with van der Waals surface area (Å²) in [4.78, 5) is 53.2. The number of hydrogen-bond donors (Lipinski definition) is 2. The maximum Gasteiger partial charge on any atom is 0.325 e. The highest BCUT2D eigenvalue weighted by Gasteiger charge is 2.68. The van der Waals surface area contributed by atoms with Gasteiger partial charge in [0.15, 0.2) is 0 Å². The van der Waals surface area contributed by atoms with Crippen LogP contribution >= 0.6 is 11.6 Å². The molecule has 0 radical (unpaired) electrons. The molecule has 0 aliphatic carbocycles. The number of aryl methyl sites for hydroxylation is 1. The number of nitro benzene ring substituents is 1. The number of anilines is 1. The van der Waals surface area contributed by atoms with Crippen molar-refractivity contribution in [3.63, 3.8) is 0 Å². The van der Waals surface area contributed by atoms with Gasteiger partial charge in [0.1, 0.15) is 5.54 Å². The smallest absolute Gasteiger partial charge is 0.325 e. The molecule has 2 saturated heterocycles. The Morgan fingerprint density at radius 1 is 0.956 bits per heavy atom. The van der Waals surface area contributed by atoms with Crippen molar-refractivity contribution in [2.45, 2.75) is 24.9 Å². The van der Waals surface area contributed by atoms with Crippen LogP contribution in [0.2, 0.25) is 5.02 Å². The summed E-state index contributed by atoms with van der Waals surface area (Å²) < 4.78 is 0. The SMILES string of the molecule is Cc1ccc(N2C(=O)C3C(c4ccc(/C=C/c5ccccc5)cc4)NC(Cc4ccc([N+](=O)[O-])cc4)(C(=O)O)C3C2=O)cc1Cl. The number of nitrogens with zero attached hydrogens (tertiary/aromatic N) is 2. The van der Waals surface area contributed by atoms with Crippen LogP contribution in [-0.4, -0.2) is 33.4 Å². The molecule has 9 nitrogen and oxygen atoms in total. The quantitative estimate of drug-likeness (QED) is 0.103. The second kappa shape index (κ2) is 11.8. The van der Waals surface area contributed by atoms with E-state index in [0.717, 1.165) is 21.6 Å². The number of benzene rings is 4. The van der Waals surface area contributed by atoms with Gasteiger partial charge in [0.25, 0.3) is 5.69 Å². The number of hydrogen-bond acceptors (Lipinski definition) is 6. The number of nitrogens with one attached hydrogen (secondary N) is 1. The summed E-state index contributed by atoms with van der Waals surface area (Å²) in [5.74, 6) is -4.77. The van der Waals surface area contributed by atoms with Gasteiger partial charge < -0.3 is 5.11 Å². The number of halogens is 1. The van der Waals surface area contributed by atoms with E-state index < -0.39 is 46.1 Å². The highest BCUT2D eigenvalue weighted by atomic mass is 35.5.